The first-order chi connectivity index (χ1) is 8.63. The molecule has 0 atom stereocenters. The number of hydrogen-bond acceptors (Lipinski definition) is 4. The summed E-state index contributed by atoms with van der Waals surface area (Å²) in [6.07, 6.45) is 0. The van der Waals surface area contributed by atoms with E-state index in [-0.39, 0.29) is 11.4 Å². The standard InChI is InChI=1S/C13H9BrN2O2/c14-9-3-1-5-11(8(9)7-15)18-12-6-2-4-10(17)13(12)16/h1-6,17H,16H2. The molecule has 0 amide bonds. The van der Waals surface area contributed by atoms with Gasteiger partial charge in [0.1, 0.15) is 28.8 Å². The summed E-state index contributed by atoms with van der Waals surface area (Å²) in [5.74, 6) is 0.634. The zero-order valence-electron chi connectivity index (χ0n) is 9.22. The van der Waals surface area contributed by atoms with Crippen LogP contribution in [0.15, 0.2) is 40.9 Å². The fourth-order valence-corrected chi connectivity index (χ4v) is 1.87. The summed E-state index contributed by atoms with van der Waals surface area (Å²) in [6, 6.07) is 11.9. The zero-order valence-corrected chi connectivity index (χ0v) is 10.8. The molecular formula is C13H9BrN2O2. The molecule has 0 bridgehead atoms. The lowest BCUT2D eigenvalue weighted by molar-refractivity contribution is 0.459. The number of phenols is 1. The van der Waals surface area contributed by atoms with Crippen LogP contribution in [-0.2, 0) is 0 Å². The lowest BCUT2D eigenvalue weighted by Gasteiger charge is -2.11. The van der Waals surface area contributed by atoms with E-state index >= 15 is 0 Å². The SMILES string of the molecule is N#Cc1c(Br)cccc1Oc1cccc(O)c1N. The first-order valence-electron chi connectivity index (χ1n) is 5.07. The van der Waals surface area contributed by atoms with Gasteiger partial charge in [0, 0.05) is 4.47 Å². The minimum absolute atomic E-state index is 0.0546. The highest BCUT2D eigenvalue weighted by Gasteiger charge is 2.11. The summed E-state index contributed by atoms with van der Waals surface area (Å²) in [7, 11) is 0. The Labute approximate surface area is 112 Å². The third-order valence-corrected chi connectivity index (χ3v) is 3.01. The van der Waals surface area contributed by atoms with Gasteiger partial charge in [-0.15, -0.1) is 0 Å². The average molecular weight is 305 g/mol. The van der Waals surface area contributed by atoms with Crippen LogP contribution in [0.2, 0.25) is 0 Å². The number of phenolic OH excluding ortho intramolecular Hbond substituents is 1. The number of nitriles is 1. The molecule has 2 aromatic carbocycles. The maximum absolute atomic E-state index is 9.48. The van der Waals surface area contributed by atoms with Crippen LogP contribution < -0.4 is 10.5 Å². The van der Waals surface area contributed by atoms with Gasteiger partial charge in [-0.25, -0.2) is 0 Å². The molecule has 0 unspecified atom stereocenters. The van der Waals surface area contributed by atoms with E-state index in [1.54, 1.807) is 30.3 Å². The molecule has 0 aromatic heterocycles. The molecule has 0 spiro atoms. The van der Waals surface area contributed by atoms with Crippen molar-refractivity contribution in [3.05, 3.63) is 46.4 Å². The number of nitrogens with two attached hydrogens (primary N) is 1. The highest BCUT2D eigenvalue weighted by atomic mass is 79.9. The van der Waals surface area contributed by atoms with Crippen molar-refractivity contribution in [2.45, 2.75) is 0 Å². The summed E-state index contributed by atoms with van der Waals surface area (Å²) >= 11 is 3.27. The number of halogens is 1. The second-order valence-electron chi connectivity index (χ2n) is 3.52. The van der Waals surface area contributed by atoms with Crippen molar-refractivity contribution in [1.29, 1.82) is 5.26 Å². The Morgan fingerprint density at radius 3 is 2.56 bits per heavy atom. The lowest BCUT2D eigenvalue weighted by atomic mass is 10.2. The van der Waals surface area contributed by atoms with Crippen LogP contribution >= 0.6 is 15.9 Å². The van der Waals surface area contributed by atoms with E-state index in [1.807, 2.05) is 6.07 Å². The van der Waals surface area contributed by atoms with Gasteiger partial charge in [-0.1, -0.05) is 12.1 Å². The topological polar surface area (TPSA) is 79.3 Å². The highest BCUT2D eigenvalue weighted by molar-refractivity contribution is 9.10. The Kier molecular flexibility index (Phi) is 3.40. The number of ether oxygens (including phenoxy) is 1. The number of nitrogens with zero attached hydrogens (tertiary/aromatic N) is 1. The molecule has 0 radical (unpaired) electrons. The number of benzene rings is 2. The summed E-state index contributed by atoms with van der Waals surface area (Å²) in [5.41, 5.74) is 6.21. The van der Waals surface area contributed by atoms with E-state index in [4.69, 9.17) is 15.7 Å². The molecule has 0 heterocycles. The van der Waals surface area contributed by atoms with Gasteiger partial charge in [-0.2, -0.15) is 5.26 Å². The monoisotopic (exact) mass is 304 g/mol. The van der Waals surface area contributed by atoms with Gasteiger partial charge in [0.15, 0.2) is 5.75 Å². The predicted octanol–water partition coefficient (Wildman–Crippen LogP) is 3.40. The van der Waals surface area contributed by atoms with Gasteiger partial charge < -0.3 is 15.6 Å². The number of nitrogen functional groups attached to an aromatic ring is 1. The van der Waals surface area contributed by atoms with Gasteiger partial charge in [0.25, 0.3) is 0 Å². The molecule has 0 aliphatic carbocycles. The Bertz CT molecular complexity index is 635. The molecule has 0 saturated heterocycles. The van der Waals surface area contributed by atoms with E-state index in [1.165, 1.54) is 6.07 Å². The molecular weight excluding hydrogens is 296 g/mol. The molecule has 2 rings (SSSR count). The predicted molar refractivity (Wildman–Crippen MR) is 71.5 cm³/mol. The Morgan fingerprint density at radius 1 is 1.17 bits per heavy atom. The number of rotatable bonds is 2. The van der Waals surface area contributed by atoms with Crippen molar-refractivity contribution in [3.63, 3.8) is 0 Å². The molecule has 2 aromatic rings. The summed E-state index contributed by atoms with van der Waals surface area (Å²) in [4.78, 5) is 0. The van der Waals surface area contributed by atoms with Crippen molar-refractivity contribution in [3.8, 4) is 23.3 Å². The van der Waals surface area contributed by atoms with E-state index in [0.29, 0.717) is 21.5 Å². The van der Waals surface area contributed by atoms with Crippen molar-refractivity contribution in [2.75, 3.05) is 5.73 Å². The van der Waals surface area contributed by atoms with E-state index in [0.717, 1.165) is 0 Å². The number of anilines is 1. The van der Waals surface area contributed by atoms with Gasteiger partial charge in [-0.05, 0) is 40.2 Å². The van der Waals surface area contributed by atoms with Crippen LogP contribution in [0.25, 0.3) is 0 Å². The van der Waals surface area contributed by atoms with Gasteiger partial charge in [0.05, 0.1) is 0 Å². The van der Waals surface area contributed by atoms with Gasteiger partial charge in [0.2, 0.25) is 0 Å². The largest absolute Gasteiger partial charge is 0.506 e. The maximum Gasteiger partial charge on any atom is 0.154 e. The number of hydrogen-bond donors (Lipinski definition) is 2. The highest BCUT2D eigenvalue weighted by Crippen LogP contribution is 2.36. The van der Waals surface area contributed by atoms with Gasteiger partial charge in [-0.3, -0.25) is 0 Å². The molecule has 18 heavy (non-hydrogen) atoms. The molecule has 90 valence electrons. The molecule has 0 aliphatic rings. The molecule has 5 heteroatoms. The van der Waals surface area contributed by atoms with Crippen molar-refractivity contribution < 1.29 is 9.84 Å². The minimum Gasteiger partial charge on any atom is -0.506 e. The lowest BCUT2D eigenvalue weighted by Crippen LogP contribution is -1.94. The van der Waals surface area contributed by atoms with Crippen LogP contribution in [-0.4, -0.2) is 5.11 Å². The van der Waals surface area contributed by atoms with E-state index in [9.17, 15) is 5.11 Å². The molecule has 3 N–H and O–H groups in total. The second kappa shape index (κ2) is 4.98. The third kappa shape index (κ3) is 2.24. The van der Waals surface area contributed by atoms with E-state index < -0.39 is 0 Å². The summed E-state index contributed by atoms with van der Waals surface area (Å²) in [5, 5.41) is 18.5. The average Bonchev–Trinajstić information content (AvgIpc) is 2.35. The van der Waals surface area contributed by atoms with Crippen LogP contribution in [0.1, 0.15) is 5.56 Å². The molecule has 0 aliphatic heterocycles. The van der Waals surface area contributed by atoms with Crippen LogP contribution in [0.5, 0.6) is 17.2 Å². The van der Waals surface area contributed by atoms with Gasteiger partial charge >= 0.3 is 0 Å². The van der Waals surface area contributed by atoms with Crippen molar-refractivity contribution in [2.24, 2.45) is 0 Å². The second-order valence-corrected chi connectivity index (χ2v) is 4.37. The maximum atomic E-state index is 9.48. The zero-order chi connectivity index (χ0) is 13.1. The first-order valence-corrected chi connectivity index (χ1v) is 5.86. The third-order valence-electron chi connectivity index (χ3n) is 2.35. The molecule has 4 nitrogen and oxygen atoms in total. The van der Waals surface area contributed by atoms with Crippen LogP contribution in [0.3, 0.4) is 0 Å². The van der Waals surface area contributed by atoms with Crippen LogP contribution in [0, 0.1) is 11.3 Å². The van der Waals surface area contributed by atoms with Crippen molar-refractivity contribution >= 4 is 21.6 Å². The normalized spacial score (nSPS) is 9.78. The molecule has 0 fully saturated rings. The number of para-hydroxylation sites is 1. The quantitative estimate of drug-likeness (QED) is 0.658. The summed E-state index contributed by atoms with van der Waals surface area (Å²) < 4.78 is 6.20. The summed E-state index contributed by atoms with van der Waals surface area (Å²) in [6.45, 7) is 0. The van der Waals surface area contributed by atoms with Crippen molar-refractivity contribution in [1.82, 2.24) is 0 Å². The minimum atomic E-state index is -0.0546. The molecule has 0 saturated carbocycles. The Balaban J connectivity index is 2.44. The number of aromatic hydroxyl groups is 1. The smallest absolute Gasteiger partial charge is 0.154 e. The van der Waals surface area contributed by atoms with E-state index in [2.05, 4.69) is 15.9 Å². The fourth-order valence-electron chi connectivity index (χ4n) is 1.44. The Hall–Kier alpha value is -2.19. The fraction of sp³-hybridized carbons (Fsp3) is 0. The Morgan fingerprint density at radius 2 is 1.83 bits per heavy atom. The van der Waals surface area contributed by atoms with Crippen LogP contribution in [0.4, 0.5) is 5.69 Å². The first kappa shape index (κ1) is 12.3.